The van der Waals surface area contributed by atoms with Gasteiger partial charge in [-0.15, -0.1) is 11.3 Å². The zero-order valence-corrected chi connectivity index (χ0v) is 13.9. The van der Waals surface area contributed by atoms with E-state index in [4.69, 9.17) is 0 Å². The third kappa shape index (κ3) is 3.81. The number of carbonyl (C=O) groups excluding carboxylic acids is 1. The van der Waals surface area contributed by atoms with Crippen molar-refractivity contribution < 1.29 is 9.18 Å². The van der Waals surface area contributed by atoms with Crippen LogP contribution >= 0.6 is 11.3 Å². The summed E-state index contributed by atoms with van der Waals surface area (Å²) in [4.78, 5) is 13.3. The van der Waals surface area contributed by atoms with Gasteiger partial charge in [-0.3, -0.25) is 0 Å². The molecule has 0 bridgehead atoms. The van der Waals surface area contributed by atoms with E-state index in [0.29, 0.717) is 0 Å². The molecule has 2 amide bonds. The highest BCUT2D eigenvalue weighted by molar-refractivity contribution is 7.10. The first-order chi connectivity index (χ1) is 11.6. The quantitative estimate of drug-likeness (QED) is 0.681. The zero-order valence-electron chi connectivity index (χ0n) is 13.1. The van der Waals surface area contributed by atoms with Gasteiger partial charge in [-0.1, -0.05) is 48.0 Å². The smallest absolute Gasteiger partial charge is 0.320 e. The Hall–Kier alpha value is -2.66. The fourth-order valence-corrected chi connectivity index (χ4v) is 3.19. The maximum absolute atomic E-state index is 13.7. The summed E-state index contributed by atoms with van der Waals surface area (Å²) in [5.74, 6) is -0.462. The van der Waals surface area contributed by atoms with Crippen LogP contribution in [0.2, 0.25) is 0 Å². The zero-order chi connectivity index (χ0) is 16.9. The number of aryl methyl sites for hydroxylation is 1. The number of urea groups is 1. The highest BCUT2D eigenvalue weighted by Crippen LogP contribution is 2.26. The number of hydrogen-bond donors (Lipinski definition) is 2. The fourth-order valence-electron chi connectivity index (χ4n) is 2.39. The summed E-state index contributed by atoms with van der Waals surface area (Å²) in [6, 6.07) is 17.3. The molecule has 0 saturated heterocycles. The topological polar surface area (TPSA) is 41.1 Å². The molecule has 0 aliphatic heterocycles. The maximum atomic E-state index is 13.7. The minimum atomic E-state index is -0.462. The molecule has 3 rings (SSSR count). The van der Waals surface area contributed by atoms with E-state index < -0.39 is 11.8 Å². The van der Waals surface area contributed by atoms with Crippen molar-refractivity contribution in [3.8, 4) is 0 Å². The number of para-hydroxylation sites is 1. The van der Waals surface area contributed by atoms with Crippen LogP contribution < -0.4 is 10.6 Å². The predicted molar refractivity (Wildman–Crippen MR) is 95.9 cm³/mol. The van der Waals surface area contributed by atoms with Gasteiger partial charge >= 0.3 is 6.03 Å². The number of rotatable bonds is 4. The molecule has 2 aromatic carbocycles. The van der Waals surface area contributed by atoms with E-state index in [1.807, 2.05) is 48.7 Å². The number of benzene rings is 2. The van der Waals surface area contributed by atoms with E-state index in [0.717, 1.165) is 16.0 Å². The van der Waals surface area contributed by atoms with Crippen molar-refractivity contribution in [1.82, 2.24) is 5.32 Å². The van der Waals surface area contributed by atoms with Crippen molar-refractivity contribution in [2.45, 2.75) is 13.0 Å². The van der Waals surface area contributed by atoms with Crippen LogP contribution in [0.4, 0.5) is 14.9 Å². The number of carbonyl (C=O) groups is 1. The van der Waals surface area contributed by atoms with E-state index in [1.165, 1.54) is 12.1 Å². The third-order valence-electron chi connectivity index (χ3n) is 3.64. The van der Waals surface area contributed by atoms with Crippen molar-refractivity contribution in [2.75, 3.05) is 5.32 Å². The summed E-state index contributed by atoms with van der Waals surface area (Å²) < 4.78 is 13.7. The molecule has 1 aromatic heterocycles. The molecule has 0 saturated carbocycles. The largest absolute Gasteiger partial charge is 0.326 e. The number of amides is 2. The van der Waals surface area contributed by atoms with Gasteiger partial charge < -0.3 is 10.6 Å². The summed E-state index contributed by atoms with van der Waals surface area (Å²) in [5, 5.41) is 7.45. The molecular weight excluding hydrogens is 323 g/mol. The summed E-state index contributed by atoms with van der Waals surface area (Å²) in [6.07, 6.45) is 0. The molecule has 0 aliphatic rings. The predicted octanol–water partition coefficient (Wildman–Crippen LogP) is 5.11. The molecule has 3 nitrogen and oxygen atoms in total. The molecule has 0 fully saturated rings. The minimum absolute atomic E-state index is 0.156. The summed E-state index contributed by atoms with van der Waals surface area (Å²) in [7, 11) is 0. The van der Waals surface area contributed by atoms with E-state index in [2.05, 4.69) is 10.6 Å². The molecule has 2 N–H and O–H groups in total. The van der Waals surface area contributed by atoms with Gasteiger partial charge in [0.2, 0.25) is 0 Å². The molecule has 1 atom stereocenters. The van der Waals surface area contributed by atoms with Gasteiger partial charge in [0, 0.05) is 4.88 Å². The van der Waals surface area contributed by atoms with Crippen LogP contribution in [0.25, 0.3) is 0 Å². The van der Waals surface area contributed by atoms with Crippen LogP contribution in [0.5, 0.6) is 0 Å². The van der Waals surface area contributed by atoms with Gasteiger partial charge in [-0.2, -0.15) is 0 Å². The van der Waals surface area contributed by atoms with E-state index in [9.17, 15) is 9.18 Å². The Balaban J connectivity index is 1.81. The van der Waals surface area contributed by atoms with Crippen molar-refractivity contribution in [3.05, 3.63) is 87.9 Å². The first kappa shape index (κ1) is 16.2. The van der Waals surface area contributed by atoms with Gasteiger partial charge in [0.25, 0.3) is 0 Å². The van der Waals surface area contributed by atoms with Crippen LogP contribution in [0, 0.1) is 12.7 Å². The Morgan fingerprint density at radius 1 is 1.04 bits per heavy atom. The van der Waals surface area contributed by atoms with Crippen molar-refractivity contribution in [1.29, 1.82) is 0 Å². The standard InChI is InChI=1S/C19H17FN2OS/c1-13-8-10-14(11-9-13)18(17-7-4-12-24-17)22-19(23)21-16-6-3-2-5-15(16)20/h2-12,18H,1H3,(H2,21,22,23). The van der Waals surface area contributed by atoms with E-state index in [1.54, 1.807) is 23.5 Å². The maximum Gasteiger partial charge on any atom is 0.320 e. The number of thiophene rings is 1. The molecule has 122 valence electrons. The Bertz CT molecular complexity index is 816. The van der Waals surface area contributed by atoms with Gasteiger partial charge in [0.1, 0.15) is 5.82 Å². The summed E-state index contributed by atoms with van der Waals surface area (Å²) >= 11 is 1.56. The lowest BCUT2D eigenvalue weighted by Gasteiger charge is -2.19. The Morgan fingerprint density at radius 3 is 2.46 bits per heavy atom. The second kappa shape index (κ2) is 7.27. The lowest BCUT2D eigenvalue weighted by molar-refractivity contribution is 0.250. The average Bonchev–Trinajstić information content (AvgIpc) is 3.10. The fraction of sp³-hybridized carbons (Fsp3) is 0.105. The van der Waals surface area contributed by atoms with Gasteiger partial charge in [-0.25, -0.2) is 9.18 Å². The third-order valence-corrected chi connectivity index (χ3v) is 4.57. The highest BCUT2D eigenvalue weighted by Gasteiger charge is 2.18. The second-order valence-corrected chi connectivity index (χ2v) is 6.42. The lowest BCUT2D eigenvalue weighted by Crippen LogP contribution is -2.33. The van der Waals surface area contributed by atoms with E-state index in [-0.39, 0.29) is 11.7 Å². The first-order valence-electron chi connectivity index (χ1n) is 7.55. The molecule has 0 spiro atoms. The monoisotopic (exact) mass is 340 g/mol. The van der Waals surface area contributed by atoms with E-state index >= 15 is 0 Å². The molecule has 1 unspecified atom stereocenters. The molecular formula is C19H17FN2OS. The molecule has 1 heterocycles. The van der Waals surface area contributed by atoms with Crippen LogP contribution in [0.3, 0.4) is 0 Å². The van der Waals surface area contributed by atoms with Crippen molar-refractivity contribution in [3.63, 3.8) is 0 Å². The number of halogens is 1. The SMILES string of the molecule is Cc1ccc(C(NC(=O)Nc2ccccc2F)c2cccs2)cc1. The highest BCUT2D eigenvalue weighted by atomic mass is 32.1. The van der Waals surface area contributed by atoms with Gasteiger partial charge in [-0.05, 0) is 36.1 Å². The molecule has 3 aromatic rings. The van der Waals surface area contributed by atoms with Crippen LogP contribution in [0.15, 0.2) is 66.0 Å². The molecule has 5 heteroatoms. The van der Waals surface area contributed by atoms with Crippen LogP contribution in [0.1, 0.15) is 22.0 Å². The van der Waals surface area contributed by atoms with Crippen LogP contribution in [-0.2, 0) is 0 Å². The number of anilines is 1. The Morgan fingerprint density at radius 2 is 1.79 bits per heavy atom. The van der Waals surface area contributed by atoms with Gasteiger partial charge in [0.05, 0.1) is 11.7 Å². The molecule has 0 radical (unpaired) electrons. The molecule has 0 aliphatic carbocycles. The number of hydrogen-bond acceptors (Lipinski definition) is 2. The van der Waals surface area contributed by atoms with Crippen molar-refractivity contribution >= 4 is 23.1 Å². The Kier molecular flexibility index (Phi) is 4.91. The minimum Gasteiger partial charge on any atom is -0.326 e. The average molecular weight is 340 g/mol. The van der Waals surface area contributed by atoms with Gasteiger partial charge in [0.15, 0.2) is 0 Å². The molecule has 24 heavy (non-hydrogen) atoms. The second-order valence-electron chi connectivity index (χ2n) is 5.44. The first-order valence-corrected chi connectivity index (χ1v) is 8.43. The van der Waals surface area contributed by atoms with Crippen LogP contribution in [-0.4, -0.2) is 6.03 Å². The summed E-state index contributed by atoms with van der Waals surface area (Å²) in [6.45, 7) is 2.02. The Labute approximate surface area is 144 Å². The van der Waals surface area contributed by atoms with Crippen molar-refractivity contribution in [2.24, 2.45) is 0 Å². The number of nitrogens with one attached hydrogen (secondary N) is 2. The summed E-state index contributed by atoms with van der Waals surface area (Å²) in [5.41, 5.74) is 2.29. The lowest BCUT2D eigenvalue weighted by atomic mass is 10.0. The normalized spacial score (nSPS) is 11.8.